The Morgan fingerprint density at radius 1 is 1.13 bits per heavy atom. The summed E-state index contributed by atoms with van der Waals surface area (Å²) < 4.78 is 61.2. The highest BCUT2D eigenvalue weighted by atomic mass is 19.4. The largest absolute Gasteiger partial charge is 0.475 e. The topological polar surface area (TPSA) is 58.1 Å². The van der Waals surface area contributed by atoms with Crippen molar-refractivity contribution in [2.24, 2.45) is 0 Å². The van der Waals surface area contributed by atoms with Crippen LogP contribution in [0.15, 0.2) is 42.6 Å². The van der Waals surface area contributed by atoms with Crippen molar-refractivity contribution < 1.29 is 27.4 Å². The standard InChI is InChI=1S/C23H26F4N2O2/c1-14(2)31-20-9-15-8-18(29-19(15)12-28-20)11-22(30,23(25,26)27)13-21(3,4)16-6-5-7-17(24)10-16/h5-10,12,14,29-30H,11,13H2,1-4H3. The Labute approximate surface area is 178 Å². The molecule has 2 heterocycles. The first-order chi connectivity index (χ1) is 14.3. The van der Waals surface area contributed by atoms with E-state index in [9.17, 15) is 22.7 Å². The molecule has 0 fully saturated rings. The van der Waals surface area contributed by atoms with Crippen LogP contribution in [0, 0.1) is 5.82 Å². The predicted molar refractivity (Wildman–Crippen MR) is 111 cm³/mol. The number of aliphatic hydroxyl groups is 1. The molecule has 0 spiro atoms. The van der Waals surface area contributed by atoms with Gasteiger partial charge in [-0.15, -0.1) is 0 Å². The lowest BCUT2D eigenvalue weighted by Gasteiger charge is -2.38. The van der Waals surface area contributed by atoms with Gasteiger partial charge >= 0.3 is 6.18 Å². The van der Waals surface area contributed by atoms with Crippen molar-refractivity contribution in [1.82, 2.24) is 9.97 Å². The van der Waals surface area contributed by atoms with E-state index in [0.717, 1.165) is 0 Å². The SMILES string of the molecule is CC(C)Oc1cc2cc(CC(O)(CC(C)(C)c3cccc(F)c3)C(F)(F)F)[nH]c2cn1. The Morgan fingerprint density at radius 2 is 1.84 bits per heavy atom. The van der Waals surface area contributed by atoms with Crippen molar-refractivity contribution in [3.63, 3.8) is 0 Å². The first-order valence-corrected chi connectivity index (χ1v) is 9.98. The highest BCUT2D eigenvalue weighted by molar-refractivity contribution is 5.80. The van der Waals surface area contributed by atoms with E-state index in [2.05, 4.69) is 9.97 Å². The van der Waals surface area contributed by atoms with Gasteiger partial charge in [0.15, 0.2) is 5.60 Å². The van der Waals surface area contributed by atoms with Gasteiger partial charge in [-0.25, -0.2) is 9.37 Å². The minimum atomic E-state index is -4.89. The molecule has 31 heavy (non-hydrogen) atoms. The van der Waals surface area contributed by atoms with Gasteiger partial charge in [0.25, 0.3) is 0 Å². The fraction of sp³-hybridized carbons (Fsp3) is 0.435. The van der Waals surface area contributed by atoms with Crippen LogP contribution in [0.5, 0.6) is 5.88 Å². The molecule has 4 nitrogen and oxygen atoms in total. The molecule has 8 heteroatoms. The number of pyridine rings is 1. The molecule has 0 aliphatic rings. The van der Waals surface area contributed by atoms with Crippen LogP contribution in [0.25, 0.3) is 10.9 Å². The minimum absolute atomic E-state index is 0.0938. The van der Waals surface area contributed by atoms with Crippen LogP contribution in [0.4, 0.5) is 17.6 Å². The first kappa shape index (κ1) is 23.1. The van der Waals surface area contributed by atoms with Crippen molar-refractivity contribution in [2.45, 2.75) is 63.8 Å². The highest BCUT2D eigenvalue weighted by Crippen LogP contribution is 2.43. The molecule has 3 aromatic rings. The van der Waals surface area contributed by atoms with Gasteiger partial charge in [-0.1, -0.05) is 26.0 Å². The highest BCUT2D eigenvalue weighted by Gasteiger charge is 2.56. The number of fused-ring (bicyclic) bond motifs is 1. The van der Waals surface area contributed by atoms with Gasteiger partial charge in [0.05, 0.1) is 17.8 Å². The summed E-state index contributed by atoms with van der Waals surface area (Å²) in [6, 6.07) is 8.62. The second kappa shape index (κ2) is 8.15. The van der Waals surface area contributed by atoms with Crippen molar-refractivity contribution in [1.29, 1.82) is 0 Å². The van der Waals surface area contributed by atoms with Gasteiger partial charge in [0.1, 0.15) is 5.82 Å². The molecule has 168 valence electrons. The number of hydrogen-bond donors (Lipinski definition) is 2. The Hall–Kier alpha value is -2.61. The molecule has 1 aromatic carbocycles. The van der Waals surface area contributed by atoms with Crippen LogP contribution >= 0.6 is 0 Å². The molecule has 0 amide bonds. The molecule has 3 rings (SSSR count). The molecule has 1 unspecified atom stereocenters. The smallest absolute Gasteiger partial charge is 0.417 e. The summed E-state index contributed by atoms with van der Waals surface area (Å²) in [5, 5.41) is 11.4. The number of aromatic nitrogens is 2. The van der Waals surface area contributed by atoms with E-state index in [0.29, 0.717) is 22.3 Å². The van der Waals surface area contributed by atoms with E-state index in [-0.39, 0.29) is 11.8 Å². The molecule has 0 aliphatic heterocycles. The Morgan fingerprint density at radius 3 is 2.45 bits per heavy atom. The summed E-state index contributed by atoms with van der Waals surface area (Å²) in [6.07, 6.45) is -4.81. The lowest BCUT2D eigenvalue weighted by molar-refractivity contribution is -0.266. The average Bonchev–Trinajstić information content (AvgIpc) is 3.01. The van der Waals surface area contributed by atoms with Crippen LogP contribution < -0.4 is 4.74 Å². The summed E-state index contributed by atoms with van der Waals surface area (Å²) in [6.45, 7) is 6.81. The molecular formula is C23H26F4N2O2. The molecule has 0 saturated heterocycles. The van der Waals surface area contributed by atoms with Gasteiger partial charge < -0.3 is 14.8 Å². The lowest BCUT2D eigenvalue weighted by Crippen LogP contribution is -2.50. The average molecular weight is 438 g/mol. The Bertz CT molecular complexity index is 1060. The maximum absolute atomic E-state index is 14.0. The van der Waals surface area contributed by atoms with Gasteiger partial charge in [0, 0.05) is 23.6 Å². The zero-order chi connectivity index (χ0) is 23.0. The molecule has 0 bridgehead atoms. The number of nitrogens with zero attached hydrogens (tertiary/aromatic N) is 1. The van der Waals surface area contributed by atoms with E-state index in [1.165, 1.54) is 24.4 Å². The van der Waals surface area contributed by atoms with Crippen LogP contribution in [0.1, 0.15) is 45.4 Å². The van der Waals surface area contributed by atoms with Crippen molar-refractivity contribution >= 4 is 10.9 Å². The number of H-pyrrole nitrogens is 1. The zero-order valence-corrected chi connectivity index (χ0v) is 17.8. The lowest BCUT2D eigenvalue weighted by atomic mass is 9.73. The van der Waals surface area contributed by atoms with E-state index >= 15 is 0 Å². The third-order valence-electron chi connectivity index (χ3n) is 5.24. The first-order valence-electron chi connectivity index (χ1n) is 9.98. The number of hydrogen-bond acceptors (Lipinski definition) is 3. The fourth-order valence-electron chi connectivity index (χ4n) is 3.79. The molecule has 0 saturated carbocycles. The summed E-state index contributed by atoms with van der Waals surface area (Å²) in [5.74, 6) is -0.171. The molecular weight excluding hydrogens is 412 g/mol. The predicted octanol–water partition coefficient (Wildman–Crippen LogP) is 5.69. The Balaban J connectivity index is 1.92. The number of halogens is 4. The van der Waals surface area contributed by atoms with Crippen molar-refractivity contribution in [3.8, 4) is 5.88 Å². The normalized spacial score (nSPS) is 14.8. The number of rotatable bonds is 7. The maximum atomic E-state index is 14.0. The van der Waals surface area contributed by atoms with E-state index < -0.39 is 35.9 Å². The summed E-state index contributed by atoms with van der Waals surface area (Å²) in [5.41, 5.74) is -3.01. The number of ether oxygens (including phenoxy) is 1. The van der Waals surface area contributed by atoms with Crippen LogP contribution in [0.2, 0.25) is 0 Å². The molecule has 1 atom stereocenters. The van der Waals surface area contributed by atoms with Gasteiger partial charge in [-0.3, -0.25) is 0 Å². The summed E-state index contributed by atoms with van der Waals surface area (Å²) in [4.78, 5) is 7.04. The third-order valence-corrected chi connectivity index (χ3v) is 5.24. The summed E-state index contributed by atoms with van der Waals surface area (Å²) in [7, 11) is 0. The molecule has 0 radical (unpaired) electrons. The number of alkyl halides is 3. The molecule has 2 aromatic heterocycles. The van der Waals surface area contributed by atoms with E-state index in [1.807, 2.05) is 13.8 Å². The van der Waals surface area contributed by atoms with Gasteiger partial charge in [-0.2, -0.15) is 13.2 Å². The number of aromatic amines is 1. The number of benzene rings is 1. The van der Waals surface area contributed by atoms with E-state index in [4.69, 9.17) is 4.74 Å². The van der Waals surface area contributed by atoms with Crippen LogP contribution in [-0.2, 0) is 11.8 Å². The summed E-state index contributed by atoms with van der Waals surface area (Å²) >= 11 is 0. The zero-order valence-electron chi connectivity index (χ0n) is 17.8. The van der Waals surface area contributed by atoms with Gasteiger partial charge in [-0.05, 0) is 49.4 Å². The van der Waals surface area contributed by atoms with Crippen LogP contribution in [-0.4, -0.2) is 33.0 Å². The number of nitrogens with one attached hydrogen (secondary N) is 1. The monoisotopic (exact) mass is 438 g/mol. The second-order valence-electron chi connectivity index (χ2n) is 8.85. The van der Waals surface area contributed by atoms with Crippen molar-refractivity contribution in [3.05, 3.63) is 59.7 Å². The quantitative estimate of drug-likeness (QED) is 0.466. The fourth-order valence-corrected chi connectivity index (χ4v) is 3.79. The second-order valence-corrected chi connectivity index (χ2v) is 8.85. The Kier molecular flexibility index (Phi) is 6.06. The van der Waals surface area contributed by atoms with Crippen molar-refractivity contribution in [2.75, 3.05) is 0 Å². The van der Waals surface area contributed by atoms with E-state index in [1.54, 1.807) is 32.0 Å². The van der Waals surface area contributed by atoms with Gasteiger partial charge in [0.2, 0.25) is 5.88 Å². The molecule has 0 aliphatic carbocycles. The van der Waals surface area contributed by atoms with Crippen LogP contribution in [0.3, 0.4) is 0 Å². The third kappa shape index (κ3) is 5.18. The molecule has 2 N–H and O–H groups in total. The maximum Gasteiger partial charge on any atom is 0.417 e. The minimum Gasteiger partial charge on any atom is -0.475 e.